The number of likely N-dealkylation sites (tertiary alicyclic amines) is 1. The third-order valence-electron chi connectivity index (χ3n) is 6.10. The van der Waals surface area contributed by atoms with E-state index in [0.29, 0.717) is 25.1 Å². The first kappa shape index (κ1) is 21.4. The number of carbonyl (C=O) groups excluding carboxylic acids is 2. The van der Waals surface area contributed by atoms with Crippen LogP contribution in [0.5, 0.6) is 5.75 Å². The summed E-state index contributed by atoms with van der Waals surface area (Å²) in [6, 6.07) is 6.04. The number of β-amino-alcohol motifs (C(OH)–C–C–N with tert-alkyl or cyclic N) is 1. The van der Waals surface area contributed by atoms with Crippen molar-refractivity contribution in [2.75, 3.05) is 37.7 Å². The quantitative estimate of drug-likeness (QED) is 0.580. The van der Waals surface area contributed by atoms with Gasteiger partial charge in [-0.05, 0) is 51.2 Å². The van der Waals surface area contributed by atoms with Crippen molar-refractivity contribution < 1.29 is 24.2 Å². The normalized spacial score (nSPS) is 26.1. The van der Waals surface area contributed by atoms with Crippen molar-refractivity contribution in [3.8, 4) is 5.75 Å². The van der Waals surface area contributed by atoms with Gasteiger partial charge in [-0.15, -0.1) is 0 Å². The molecule has 0 aliphatic carbocycles. The van der Waals surface area contributed by atoms with Gasteiger partial charge >= 0.3 is 12.1 Å². The molecule has 1 aromatic rings. The van der Waals surface area contributed by atoms with Gasteiger partial charge in [0.1, 0.15) is 5.75 Å². The average molecular weight is 405 g/mol. The lowest BCUT2D eigenvalue weighted by molar-refractivity contribution is -0.141. The minimum Gasteiger partial charge on any atom is -0.449 e. The highest BCUT2D eigenvalue weighted by Crippen LogP contribution is 2.40. The van der Waals surface area contributed by atoms with Gasteiger partial charge in [0.2, 0.25) is 0 Å². The Morgan fingerprint density at radius 3 is 2.72 bits per heavy atom. The molecule has 3 atom stereocenters. The van der Waals surface area contributed by atoms with Crippen LogP contribution in [0.15, 0.2) is 18.2 Å². The van der Waals surface area contributed by atoms with Crippen molar-refractivity contribution in [3.05, 3.63) is 23.8 Å². The third kappa shape index (κ3) is 4.66. The van der Waals surface area contributed by atoms with Crippen molar-refractivity contribution in [2.45, 2.75) is 52.1 Å². The predicted octanol–water partition coefficient (Wildman–Crippen LogP) is 3.15. The Morgan fingerprint density at radius 1 is 1.38 bits per heavy atom. The monoisotopic (exact) mass is 404 g/mol. The van der Waals surface area contributed by atoms with E-state index in [9.17, 15) is 14.7 Å². The molecule has 29 heavy (non-hydrogen) atoms. The van der Waals surface area contributed by atoms with Gasteiger partial charge in [-0.1, -0.05) is 13.0 Å². The summed E-state index contributed by atoms with van der Waals surface area (Å²) < 4.78 is 11.0. The summed E-state index contributed by atoms with van der Waals surface area (Å²) in [5.74, 6) is -0.0131. The van der Waals surface area contributed by atoms with Crippen LogP contribution in [-0.2, 0) is 9.53 Å². The Morgan fingerprint density at radius 2 is 2.10 bits per heavy atom. The first-order valence-electron chi connectivity index (χ1n) is 10.5. The second-order valence-electron chi connectivity index (χ2n) is 8.28. The molecule has 0 aromatic heterocycles. The number of esters is 1. The number of nitrogens with zero attached hydrogens (tertiary/aromatic N) is 2. The molecule has 1 fully saturated rings. The number of rotatable bonds is 6. The van der Waals surface area contributed by atoms with Gasteiger partial charge in [0.05, 0.1) is 24.7 Å². The smallest absolute Gasteiger partial charge is 0.409 e. The Bertz CT molecular complexity index is 760. The molecule has 0 bridgehead atoms. The van der Waals surface area contributed by atoms with Gasteiger partial charge in [0, 0.05) is 31.4 Å². The van der Waals surface area contributed by atoms with E-state index < -0.39 is 11.7 Å². The number of aliphatic hydroxyl groups is 1. The summed E-state index contributed by atoms with van der Waals surface area (Å²) in [7, 11) is 0. The topological polar surface area (TPSA) is 79.3 Å². The molecule has 1 amide bonds. The van der Waals surface area contributed by atoms with Gasteiger partial charge in [0.15, 0.2) is 0 Å². The largest absolute Gasteiger partial charge is 0.449 e. The lowest BCUT2D eigenvalue weighted by Gasteiger charge is -2.31. The Balaban J connectivity index is 1.59. The zero-order chi connectivity index (χ0) is 21.2. The Labute approximate surface area is 172 Å². The SMILES string of the molecule is CCN(CC)c1ccc2c(c1)OC(=O)C(CCOC(=O)N1CCC(C)(O)C1)C2C. The number of carbonyl (C=O) groups is 2. The van der Waals surface area contributed by atoms with Crippen LogP contribution in [0, 0.1) is 5.92 Å². The molecule has 7 heteroatoms. The van der Waals surface area contributed by atoms with Crippen LogP contribution >= 0.6 is 0 Å². The highest BCUT2D eigenvalue weighted by Gasteiger charge is 2.37. The number of benzene rings is 1. The van der Waals surface area contributed by atoms with Crippen LogP contribution in [0.4, 0.5) is 10.5 Å². The van der Waals surface area contributed by atoms with Crippen LogP contribution < -0.4 is 9.64 Å². The average Bonchev–Trinajstić information content (AvgIpc) is 3.05. The molecule has 1 aromatic carbocycles. The van der Waals surface area contributed by atoms with Gasteiger partial charge < -0.3 is 24.4 Å². The van der Waals surface area contributed by atoms with Crippen molar-refractivity contribution in [3.63, 3.8) is 0 Å². The molecule has 1 saturated heterocycles. The maximum Gasteiger partial charge on any atom is 0.409 e. The minimum absolute atomic E-state index is 0.0109. The molecule has 3 rings (SSSR count). The number of anilines is 1. The van der Waals surface area contributed by atoms with Gasteiger partial charge in [-0.25, -0.2) is 4.79 Å². The van der Waals surface area contributed by atoms with E-state index in [-0.39, 0.29) is 31.0 Å². The molecular weight excluding hydrogens is 372 g/mol. The number of amides is 1. The van der Waals surface area contributed by atoms with E-state index in [2.05, 4.69) is 24.8 Å². The third-order valence-corrected chi connectivity index (χ3v) is 6.10. The van der Waals surface area contributed by atoms with E-state index in [1.807, 2.05) is 19.1 Å². The maximum absolute atomic E-state index is 12.6. The molecule has 0 saturated carbocycles. The second kappa shape index (κ2) is 8.61. The summed E-state index contributed by atoms with van der Waals surface area (Å²) in [6.45, 7) is 10.6. The second-order valence-corrected chi connectivity index (χ2v) is 8.28. The standard InChI is InChI=1S/C22H32N2O5/c1-5-23(6-2)16-7-8-17-15(3)18(20(25)29-19(17)13-16)9-12-28-21(26)24-11-10-22(4,27)14-24/h7-8,13,15,18,27H,5-6,9-12,14H2,1-4H3. The van der Waals surface area contributed by atoms with E-state index in [0.717, 1.165) is 24.3 Å². The fourth-order valence-corrected chi connectivity index (χ4v) is 4.21. The van der Waals surface area contributed by atoms with E-state index in [1.165, 1.54) is 4.90 Å². The van der Waals surface area contributed by atoms with Crippen molar-refractivity contribution in [2.24, 2.45) is 5.92 Å². The zero-order valence-electron chi connectivity index (χ0n) is 17.8. The molecular formula is C22H32N2O5. The first-order valence-corrected chi connectivity index (χ1v) is 10.5. The summed E-state index contributed by atoms with van der Waals surface area (Å²) in [5.41, 5.74) is 1.20. The maximum atomic E-state index is 12.6. The molecule has 1 N–H and O–H groups in total. The van der Waals surface area contributed by atoms with Crippen LogP contribution in [0.25, 0.3) is 0 Å². The van der Waals surface area contributed by atoms with Gasteiger partial charge in [-0.3, -0.25) is 4.79 Å². The first-order chi connectivity index (χ1) is 13.8. The highest BCUT2D eigenvalue weighted by atomic mass is 16.6. The fourth-order valence-electron chi connectivity index (χ4n) is 4.21. The van der Waals surface area contributed by atoms with E-state index >= 15 is 0 Å². The van der Waals surface area contributed by atoms with Gasteiger partial charge in [0.25, 0.3) is 0 Å². The molecule has 2 aliphatic heterocycles. The predicted molar refractivity (Wildman–Crippen MR) is 110 cm³/mol. The molecule has 2 heterocycles. The number of fused-ring (bicyclic) bond motifs is 1. The van der Waals surface area contributed by atoms with Gasteiger partial charge in [-0.2, -0.15) is 0 Å². The van der Waals surface area contributed by atoms with Crippen LogP contribution in [0.2, 0.25) is 0 Å². The number of ether oxygens (including phenoxy) is 2. The lowest BCUT2D eigenvalue weighted by Crippen LogP contribution is -2.35. The van der Waals surface area contributed by atoms with Crippen LogP contribution in [-0.4, -0.2) is 60.5 Å². The van der Waals surface area contributed by atoms with E-state index in [1.54, 1.807) is 6.92 Å². The highest BCUT2D eigenvalue weighted by molar-refractivity contribution is 5.80. The molecule has 0 radical (unpaired) electrons. The molecule has 2 aliphatic rings. The van der Waals surface area contributed by atoms with Crippen LogP contribution in [0.3, 0.4) is 0 Å². The van der Waals surface area contributed by atoms with Crippen LogP contribution in [0.1, 0.15) is 52.0 Å². The number of hydrogen-bond acceptors (Lipinski definition) is 6. The van der Waals surface area contributed by atoms with Crippen molar-refractivity contribution in [1.29, 1.82) is 0 Å². The summed E-state index contributed by atoms with van der Waals surface area (Å²) >= 11 is 0. The van der Waals surface area contributed by atoms with E-state index in [4.69, 9.17) is 9.47 Å². The summed E-state index contributed by atoms with van der Waals surface area (Å²) in [5, 5.41) is 9.98. The number of hydrogen-bond donors (Lipinski definition) is 1. The zero-order valence-corrected chi connectivity index (χ0v) is 17.8. The lowest BCUT2D eigenvalue weighted by atomic mass is 9.83. The minimum atomic E-state index is -0.853. The molecule has 3 unspecified atom stereocenters. The Hall–Kier alpha value is -2.28. The molecule has 160 valence electrons. The Kier molecular flexibility index (Phi) is 6.36. The summed E-state index contributed by atoms with van der Waals surface area (Å²) in [6.07, 6.45) is 0.511. The fraction of sp³-hybridized carbons (Fsp3) is 0.636. The molecule has 0 spiro atoms. The van der Waals surface area contributed by atoms with Crippen molar-refractivity contribution >= 4 is 17.7 Å². The van der Waals surface area contributed by atoms with Crippen molar-refractivity contribution in [1.82, 2.24) is 4.90 Å². The molecule has 7 nitrogen and oxygen atoms in total. The summed E-state index contributed by atoms with van der Waals surface area (Å²) in [4.78, 5) is 28.5.